The van der Waals surface area contributed by atoms with E-state index in [9.17, 15) is 14.7 Å². The van der Waals surface area contributed by atoms with Crippen molar-refractivity contribution in [2.24, 2.45) is 23.7 Å². The van der Waals surface area contributed by atoms with Crippen LogP contribution in [0.15, 0.2) is 47.6 Å². The SMILES string of the molecule is CC(C)=C1C2C=CC1C(C(=O)Nc1ccc(I)cc1)C2C(=O)O. The molecule has 0 radical (unpaired) electrons. The summed E-state index contributed by atoms with van der Waals surface area (Å²) in [6.45, 7) is 3.97. The van der Waals surface area contributed by atoms with Gasteiger partial charge in [0.05, 0.1) is 11.8 Å². The normalized spacial score (nSPS) is 28.0. The quantitative estimate of drug-likeness (QED) is 0.576. The van der Waals surface area contributed by atoms with Crippen molar-refractivity contribution in [1.82, 2.24) is 0 Å². The molecule has 0 aliphatic heterocycles. The number of aliphatic carboxylic acids is 1. The molecular formula is C18H18INO3. The van der Waals surface area contributed by atoms with E-state index < -0.39 is 17.8 Å². The monoisotopic (exact) mass is 423 g/mol. The Morgan fingerprint density at radius 3 is 2.13 bits per heavy atom. The van der Waals surface area contributed by atoms with Crippen LogP contribution in [0.5, 0.6) is 0 Å². The van der Waals surface area contributed by atoms with Crippen LogP contribution in [0.2, 0.25) is 0 Å². The van der Waals surface area contributed by atoms with Gasteiger partial charge in [0.25, 0.3) is 0 Å². The van der Waals surface area contributed by atoms with Gasteiger partial charge in [-0.2, -0.15) is 0 Å². The Labute approximate surface area is 148 Å². The van der Waals surface area contributed by atoms with Crippen LogP contribution in [0.4, 0.5) is 5.69 Å². The average molecular weight is 423 g/mol. The molecule has 1 saturated carbocycles. The zero-order chi connectivity index (χ0) is 16.7. The summed E-state index contributed by atoms with van der Waals surface area (Å²) in [5, 5.41) is 12.5. The average Bonchev–Trinajstić information content (AvgIpc) is 3.05. The van der Waals surface area contributed by atoms with Crippen molar-refractivity contribution in [1.29, 1.82) is 0 Å². The van der Waals surface area contributed by atoms with Crippen LogP contribution in [0, 0.1) is 27.2 Å². The Hall–Kier alpha value is -1.63. The smallest absolute Gasteiger partial charge is 0.308 e. The van der Waals surface area contributed by atoms with E-state index in [-0.39, 0.29) is 17.7 Å². The molecular weight excluding hydrogens is 405 g/mol. The molecule has 2 N–H and O–H groups in total. The Balaban J connectivity index is 1.89. The number of carbonyl (C=O) groups excluding carboxylic acids is 1. The highest BCUT2D eigenvalue weighted by Crippen LogP contribution is 2.53. The molecule has 3 rings (SSSR count). The second-order valence-corrected chi connectivity index (χ2v) is 7.52. The molecule has 4 nitrogen and oxygen atoms in total. The minimum atomic E-state index is -0.900. The van der Waals surface area contributed by atoms with Gasteiger partial charge >= 0.3 is 5.97 Å². The number of carboxylic acid groups (broad SMARTS) is 1. The summed E-state index contributed by atoms with van der Waals surface area (Å²) in [4.78, 5) is 24.5. The lowest BCUT2D eigenvalue weighted by atomic mass is 9.82. The second kappa shape index (κ2) is 6.11. The molecule has 0 heterocycles. The third-order valence-corrected chi connectivity index (χ3v) is 5.40. The fourth-order valence-electron chi connectivity index (χ4n) is 3.80. The molecule has 5 heteroatoms. The molecule has 1 fully saturated rings. The third kappa shape index (κ3) is 2.82. The standard InChI is InChI=1S/C18H18INO3/c1-9(2)14-12-7-8-13(14)16(18(22)23)15(12)17(21)20-11-5-3-10(19)4-6-11/h3-8,12-13,15-16H,1-2H3,(H,20,21)(H,22,23). The number of rotatable bonds is 3. The maximum atomic E-state index is 12.7. The zero-order valence-corrected chi connectivity index (χ0v) is 15.1. The van der Waals surface area contributed by atoms with Crippen LogP contribution in [-0.4, -0.2) is 17.0 Å². The van der Waals surface area contributed by atoms with E-state index >= 15 is 0 Å². The number of fused-ring (bicyclic) bond motifs is 2. The van der Waals surface area contributed by atoms with Gasteiger partial charge in [-0.25, -0.2) is 0 Å². The van der Waals surface area contributed by atoms with Gasteiger partial charge in [0, 0.05) is 21.1 Å². The molecule has 0 spiro atoms. The summed E-state index contributed by atoms with van der Waals surface area (Å²) in [6.07, 6.45) is 3.94. The van der Waals surface area contributed by atoms with E-state index in [0.29, 0.717) is 5.69 Å². The predicted octanol–water partition coefficient (Wildman–Crippen LogP) is 3.70. The fraction of sp³-hybridized carbons (Fsp3) is 0.333. The van der Waals surface area contributed by atoms with Gasteiger partial charge in [0.2, 0.25) is 5.91 Å². The summed E-state index contributed by atoms with van der Waals surface area (Å²) in [5.41, 5.74) is 2.91. The number of amides is 1. The molecule has 0 aromatic heterocycles. The van der Waals surface area contributed by atoms with E-state index in [1.54, 1.807) is 0 Å². The fourth-order valence-corrected chi connectivity index (χ4v) is 4.16. The number of carbonyl (C=O) groups is 2. The van der Waals surface area contributed by atoms with Crippen LogP contribution >= 0.6 is 22.6 Å². The summed E-state index contributed by atoms with van der Waals surface area (Å²) in [6, 6.07) is 7.49. The van der Waals surface area contributed by atoms with Gasteiger partial charge in [-0.05, 0) is 60.7 Å². The molecule has 2 aliphatic carbocycles. The molecule has 1 aromatic carbocycles. The largest absolute Gasteiger partial charge is 0.481 e. The van der Waals surface area contributed by atoms with Crippen LogP contribution in [0.3, 0.4) is 0 Å². The van der Waals surface area contributed by atoms with Crippen molar-refractivity contribution in [3.8, 4) is 0 Å². The van der Waals surface area contributed by atoms with Crippen molar-refractivity contribution in [2.75, 3.05) is 5.32 Å². The molecule has 23 heavy (non-hydrogen) atoms. The van der Waals surface area contributed by atoms with Crippen LogP contribution < -0.4 is 5.32 Å². The van der Waals surface area contributed by atoms with Crippen molar-refractivity contribution in [2.45, 2.75) is 13.8 Å². The number of benzene rings is 1. The topological polar surface area (TPSA) is 66.4 Å². The lowest BCUT2D eigenvalue weighted by Crippen LogP contribution is -2.36. The Morgan fingerprint density at radius 2 is 1.61 bits per heavy atom. The lowest BCUT2D eigenvalue weighted by molar-refractivity contribution is -0.146. The number of anilines is 1. The minimum absolute atomic E-state index is 0.102. The maximum Gasteiger partial charge on any atom is 0.308 e. The van der Waals surface area contributed by atoms with Crippen molar-refractivity contribution in [3.05, 3.63) is 51.1 Å². The predicted molar refractivity (Wildman–Crippen MR) is 96.9 cm³/mol. The van der Waals surface area contributed by atoms with Gasteiger partial charge < -0.3 is 10.4 Å². The summed E-state index contributed by atoms with van der Waals surface area (Å²) >= 11 is 2.20. The number of hydrogen-bond donors (Lipinski definition) is 2. The van der Waals surface area contributed by atoms with Gasteiger partial charge in [-0.3, -0.25) is 9.59 Å². The van der Waals surface area contributed by atoms with E-state index in [1.165, 1.54) is 0 Å². The van der Waals surface area contributed by atoms with E-state index in [2.05, 4.69) is 27.9 Å². The molecule has 1 amide bonds. The minimum Gasteiger partial charge on any atom is -0.481 e. The molecule has 1 aromatic rings. The number of carboxylic acids is 1. The Kier molecular flexibility index (Phi) is 4.31. The Bertz CT molecular complexity index is 716. The van der Waals surface area contributed by atoms with Crippen molar-refractivity contribution >= 4 is 40.2 Å². The van der Waals surface area contributed by atoms with E-state index in [4.69, 9.17) is 0 Å². The molecule has 0 saturated heterocycles. The summed E-state index contributed by atoms with van der Waals surface area (Å²) in [5.74, 6) is -2.60. The third-order valence-electron chi connectivity index (χ3n) is 4.68. The first-order valence-corrected chi connectivity index (χ1v) is 8.63. The first kappa shape index (κ1) is 16.2. The molecule has 2 bridgehead atoms. The van der Waals surface area contributed by atoms with Gasteiger partial charge in [0.1, 0.15) is 0 Å². The van der Waals surface area contributed by atoms with E-state index in [1.807, 2.05) is 50.3 Å². The van der Waals surface area contributed by atoms with E-state index in [0.717, 1.165) is 14.7 Å². The van der Waals surface area contributed by atoms with Crippen LogP contribution in [0.1, 0.15) is 13.8 Å². The van der Waals surface area contributed by atoms with Gasteiger partial charge in [0.15, 0.2) is 0 Å². The van der Waals surface area contributed by atoms with Crippen LogP contribution in [0.25, 0.3) is 0 Å². The highest BCUT2D eigenvalue weighted by atomic mass is 127. The molecule has 4 atom stereocenters. The summed E-state index contributed by atoms with van der Waals surface area (Å²) < 4.78 is 1.08. The molecule has 2 aliphatic rings. The maximum absolute atomic E-state index is 12.7. The van der Waals surface area contributed by atoms with Gasteiger partial charge in [-0.15, -0.1) is 0 Å². The zero-order valence-electron chi connectivity index (χ0n) is 12.9. The van der Waals surface area contributed by atoms with Crippen molar-refractivity contribution in [3.63, 3.8) is 0 Å². The van der Waals surface area contributed by atoms with Gasteiger partial charge in [-0.1, -0.05) is 23.3 Å². The Morgan fingerprint density at radius 1 is 1.04 bits per heavy atom. The lowest BCUT2D eigenvalue weighted by Gasteiger charge is -2.23. The number of nitrogens with one attached hydrogen (secondary N) is 1. The first-order chi connectivity index (χ1) is 10.9. The number of halogens is 1. The second-order valence-electron chi connectivity index (χ2n) is 6.28. The highest BCUT2D eigenvalue weighted by molar-refractivity contribution is 14.1. The first-order valence-electron chi connectivity index (χ1n) is 7.55. The highest BCUT2D eigenvalue weighted by Gasteiger charge is 2.54. The van der Waals surface area contributed by atoms with Crippen LogP contribution in [-0.2, 0) is 9.59 Å². The number of allylic oxidation sites excluding steroid dienone is 4. The summed E-state index contributed by atoms with van der Waals surface area (Å²) in [7, 11) is 0. The van der Waals surface area contributed by atoms with Crippen molar-refractivity contribution < 1.29 is 14.7 Å². The number of hydrogen-bond acceptors (Lipinski definition) is 2. The molecule has 120 valence electrons. The molecule has 4 unspecified atom stereocenters.